The maximum absolute atomic E-state index is 11.9. The second-order valence-corrected chi connectivity index (χ2v) is 7.54. The molecule has 1 aliphatic rings. The van der Waals surface area contributed by atoms with Gasteiger partial charge in [-0.25, -0.2) is 13.1 Å². The lowest BCUT2D eigenvalue weighted by Gasteiger charge is -2.19. The first-order valence-corrected chi connectivity index (χ1v) is 8.87. The van der Waals surface area contributed by atoms with Gasteiger partial charge in [0.15, 0.2) is 0 Å². The number of rotatable bonds is 9. The van der Waals surface area contributed by atoms with E-state index in [0.29, 0.717) is 25.0 Å². The summed E-state index contributed by atoms with van der Waals surface area (Å²) in [5.41, 5.74) is 0. The second-order valence-electron chi connectivity index (χ2n) is 5.66. The van der Waals surface area contributed by atoms with E-state index in [1.807, 2.05) is 6.92 Å². The molecule has 0 aliphatic carbocycles. The van der Waals surface area contributed by atoms with E-state index in [1.165, 1.54) is 0 Å². The van der Waals surface area contributed by atoms with Gasteiger partial charge in [-0.05, 0) is 32.7 Å². The van der Waals surface area contributed by atoms with Crippen LogP contribution in [0.25, 0.3) is 0 Å². The first kappa shape index (κ1) is 16.9. The van der Waals surface area contributed by atoms with Crippen molar-refractivity contribution in [2.75, 3.05) is 25.5 Å². The molecule has 1 fully saturated rings. The molecule has 6 heteroatoms. The lowest BCUT2D eigenvalue weighted by molar-refractivity contribution is 0.180. The van der Waals surface area contributed by atoms with Crippen LogP contribution in [0.5, 0.6) is 0 Å². The number of ether oxygens (including phenoxy) is 1. The molecule has 5 nitrogen and oxygen atoms in total. The van der Waals surface area contributed by atoms with Crippen LogP contribution in [-0.2, 0) is 14.8 Å². The second kappa shape index (κ2) is 8.19. The van der Waals surface area contributed by atoms with Crippen molar-refractivity contribution in [2.24, 2.45) is 5.92 Å². The van der Waals surface area contributed by atoms with Crippen molar-refractivity contribution < 1.29 is 13.2 Å². The van der Waals surface area contributed by atoms with E-state index in [4.69, 9.17) is 4.74 Å². The van der Waals surface area contributed by atoms with Gasteiger partial charge in [0.2, 0.25) is 10.0 Å². The van der Waals surface area contributed by atoms with Crippen LogP contribution in [0.15, 0.2) is 0 Å². The smallest absolute Gasteiger partial charge is 0.211 e. The first-order chi connectivity index (χ1) is 8.91. The molecule has 0 aromatic carbocycles. The number of nitrogens with one attached hydrogen (secondary N) is 2. The van der Waals surface area contributed by atoms with Crippen LogP contribution >= 0.6 is 0 Å². The summed E-state index contributed by atoms with van der Waals surface area (Å²) in [6.45, 7) is 8.39. The number of sulfonamides is 1. The number of hydrogen-bond acceptors (Lipinski definition) is 4. The molecule has 2 unspecified atom stereocenters. The topological polar surface area (TPSA) is 67.4 Å². The normalized spacial score (nSPS) is 22.0. The Morgan fingerprint density at radius 2 is 2.00 bits per heavy atom. The van der Waals surface area contributed by atoms with Crippen molar-refractivity contribution in [2.45, 2.75) is 52.1 Å². The highest BCUT2D eigenvalue weighted by molar-refractivity contribution is 7.89. The van der Waals surface area contributed by atoms with Gasteiger partial charge in [-0.3, -0.25) is 0 Å². The molecule has 0 amide bonds. The molecule has 0 bridgehead atoms. The highest BCUT2D eigenvalue weighted by Gasteiger charge is 2.25. The van der Waals surface area contributed by atoms with Crippen molar-refractivity contribution in [1.82, 2.24) is 10.0 Å². The Hall–Kier alpha value is -0.170. The highest BCUT2D eigenvalue weighted by Crippen LogP contribution is 2.17. The molecule has 1 rings (SSSR count). The summed E-state index contributed by atoms with van der Waals surface area (Å²) in [5, 5.41) is 3.29. The third-order valence-electron chi connectivity index (χ3n) is 3.43. The maximum atomic E-state index is 11.9. The molecule has 2 atom stereocenters. The highest BCUT2D eigenvalue weighted by atomic mass is 32.2. The van der Waals surface area contributed by atoms with E-state index in [1.54, 1.807) is 0 Å². The van der Waals surface area contributed by atoms with Gasteiger partial charge in [0.1, 0.15) is 0 Å². The van der Waals surface area contributed by atoms with Gasteiger partial charge >= 0.3 is 0 Å². The molecule has 19 heavy (non-hydrogen) atoms. The summed E-state index contributed by atoms with van der Waals surface area (Å²) < 4.78 is 31.9. The molecule has 1 saturated heterocycles. The fraction of sp³-hybridized carbons (Fsp3) is 1.00. The molecule has 0 radical (unpaired) electrons. The van der Waals surface area contributed by atoms with Gasteiger partial charge in [-0.2, -0.15) is 0 Å². The van der Waals surface area contributed by atoms with Crippen LogP contribution < -0.4 is 10.0 Å². The quantitative estimate of drug-likeness (QED) is 0.625. The summed E-state index contributed by atoms with van der Waals surface area (Å²) in [4.78, 5) is 0. The minimum atomic E-state index is -3.15. The zero-order chi connectivity index (χ0) is 14.3. The summed E-state index contributed by atoms with van der Waals surface area (Å²) >= 11 is 0. The van der Waals surface area contributed by atoms with Crippen molar-refractivity contribution in [3.8, 4) is 0 Å². The molecule has 0 aromatic rings. The summed E-state index contributed by atoms with van der Waals surface area (Å²) in [6, 6.07) is 0.429. The van der Waals surface area contributed by atoms with Crippen LogP contribution in [-0.4, -0.2) is 46.0 Å². The maximum Gasteiger partial charge on any atom is 0.211 e. The van der Waals surface area contributed by atoms with E-state index in [0.717, 1.165) is 26.0 Å². The molecule has 114 valence electrons. The molecule has 1 aliphatic heterocycles. The van der Waals surface area contributed by atoms with E-state index in [2.05, 4.69) is 23.9 Å². The van der Waals surface area contributed by atoms with Crippen molar-refractivity contribution in [1.29, 1.82) is 0 Å². The van der Waals surface area contributed by atoms with Gasteiger partial charge in [-0.1, -0.05) is 13.8 Å². The van der Waals surface area contributed by atoms with Gasteiger partial charge in [-0.15, -0.1) is 0 Å². The molecule has 0 saturated carbocycles. The Labute approximate surface area is 117 Å². The van der Waals surface area contributed by atoms with Crippen LogP contribution in [0.2, 0.25) is 0 Å². The lowest BCUT2D eigenvalue weighted by Crippen LogP contribution is -2.39. The van der Waals surface area contributed by atoms with E-state index >= 15 is 0 Å². The van der Waals surface area contributed by atoms with E-state index < -0.39 is 10.0 Å². The Kier molecular flexibility index (Phi) is 7.28. The third kappa shape index (κ3) is 7.25. The Morgan fingerprint density at radius 3 is 2.58 bits per heavy atom. The Balaban J connectivity index is 2.19. The largest absolute Gasteiger partial charge is 0.381 e. The Morgan fingerprint density at radius 1 is 1.26 bits per heavy atom. The fourth-order valence-corrected chi connectivity index (χ4v) is 3.65. The zero-order valence-corrected chi connectivity index (χ0v) is 13.1. The molecule has 1 heterocycles. The van der Waals surface area contributed by atoms with Crippen LogP contribution in [0.1, 0.15) is 40.0 Å². The molecular weight excluding hydrogens is 264 g/mol. The lowest BCUT2D eigenvalue weighted by atomic mass is 10.0. The minimum Gasteiger partial charge on any atom is -0.381 e. The average molecular weight is 292 g/mol. The zero-order valence-electron chi connectivity index (χ0n) is 12.3. The van der Waals surface area contributed by atoms with Gasteiger partial charge in [0.25, 0.3) is 0 Å². The van der Waals surface area contributed by atoms with Crippen LogP contribution in [0.3, 0.4) is 0 Å². The van der Waals surface area contributed by atoms with E-state index in [-0.39, 0.29) is 11.8 Å². The van der Waals surface area contributed by atoms with Gasteiger partial charge in [0, 0.05) is 24.6 Å². The van der Waals surface area contributed by atoms with Crippen molar-refractivity contribution >= 4 is 10.0 Å². The first-order valence-electron chi connectivity index (χ1n) is 7.22. The monoisotopic (exact) mass is 292 g/mol. The van der Waals surface area contributed by atoms with Crippen molar-refractivity contribution in [3.63, 3.8) is 0 Å². The minimum absolute atomic E-state index is 0.0266. The molecular formula is C13H28N2O3S. The summed E-state index contributed by atoms with van der Waals surface area (Å²) in [6.07, 6.45) is 2.53. The summed E-state index contributed by atoms with van der Waals surface area (Å²) in [5.74, 6) is 0.530. The molecule has 0 aromatic heterocycles. The van der Waals surface area contributed by atoms with Gasteiger partial charge < -0.3 is 10.1 Å². The predicted octanol–water partition coefficient (Wildman–Crippen LogP) is 1.11. The van der Waals surface area contributed by atoms with Crippen LogP contribution in [0, 0.1) is 5.92 Å². The predicted molar refractivity (Wildman–Crippen MR) is 77.7 cm³/mol. The molecule has 0 spiro atoms. The third-order valence-corrected chi connectivity index (χ3v) is 4.99. The van der Waals surface area contributed by atoms with Gasteiger partial charge in [0.05, 0.1) is 12.4 Å². The number of hydrogen-bond donors (Lipinski definition) is 2. The summed E-state index contributed by atoms with van der Waals surface area (Å²) in [7, 11) is -3.15. The van der Waals surface area contributed by atoms with Crippen LogP contribution in [0.4, 0.5) is 0 Å². The number of unbranched alkanes of at least 4 members (excludes halogenated alkanes) is 1. The SMILES string of the molecule is CC(C)NCCCCS(=O)(=O)NC(C)C1CCOC1. The fourth-order valence-electron chi connectivity index (χ4n) is 2.19. The molecule has 2 N–H and O–H groups in total. The van der Waals surface area contributed by atoms with Crippen molar-refractivity contribution in [3.05, 3.63) is 0 Å². The average Bonchev–Trinajstić information content (AvgIpc) is 2.80. The Bertz CT molecular complexity index is 338. The van der Waals surface area contributed by atoms with E-state index in [9.17, 15) is 8.42 Å². The standard InChI is InChI=1S/C13H28N2O3S/c1-11(2)14-7-4-5-9-19(16,17)15-12(3)13-6-8-18-10-13/h11-15H,4-10H2,1-3H3.